The van der Waals surface area contributed by atoms with Gasteiger partial charge in [-0.3, -0.25) is 0 Å². The minimum absolute atomic E-state index is 0. The second kappa shape index (κ2) is 16.1. The van der Waals surface area contributed by atoms with Crippen LogP contribution in [0, 0.1) is 0 Å². The van der Waals surface area contributed by atoms with Gasteiger partial charge in [0.2, 0.25) is 0 Å². The molecule has 4 nitrogen and oxygen atoms in total. The normalized spacial score (nSPS) is 3.43. The molecule has 0 aromatic carbocycles. The van der Waals surface area contributed by atoms with Crippen LogP contribution in [0.1, 0.15) is 0 Å². The third-order valence-corrected chi connectivity index (χ3v) is 0. The van der Waals surface area contributed by atoms with Crippen molar-refractivity contribution in [2.75, 3.05) is 0 Å². The van der Waals surface area contributed by atoms with Crippen molar-refractivity contribution in [1.82, 2.24) is 0 Å². The molecule has 0 amide bonds. The first-order valence-electron chi connectivity index (χ1n) is 0.612. The zero-order valence-electron chi connectivity index (χ0n) is 3.55. The number of hydrogen-bond donors (Lipinski definition) is 0. The van der Waals surface area contributed by atoms with Gasteiger partial charge in [0.05, 0.1) is 0 Å². The largest absolute Gasteiger partial charge is 2.00 e. The van der Waals surface area contributed by atoms with Crippen LogP contribution in [0.25, 0.3) is 0 Å². The monoisotopic (exact) mass is 204 g/mol. The van der Waals surface area contributed by atoms with E-state index in [1.54, 1.807) is 0 Å². The quantitative estimate of drug-likeness (QED) is 0.408. The molecule has 0 heterocycles. The standard InChI is InChI=1S/CH2O3.O.2Zn/c2-1(3)4;;;/h(H2,2,3,4);;;/q;-2;2*+2/p-2. The maximum atomic E-state index is 8.33. The Kier molecular flexibility index (Phi) is 59.6. The number of carbonyl (C=O) groups is 1. The van der Waals surface area contributed by atoms with E-state index in [0.717, 1.165) is 0 Å². The van der Waals surface area contributed by atoms with Gasteiger partial charge < -0.3 is 20.5 Å². The Labute approximate surface area is 65.7 Å². The van der Waals surface area contributed by atoms with Crippen LogP contribution in [-0.4, -0.2) is 6.16 Å². The van der Waals surface area contributed by atoms with Gasteiger partial charge in [-0.15, -0.1) is 0 Å². The van der Waals surface area contributed by atoms with Gasteiger partial charge in [0.15, 0.2) is 0 Å². The van der Waals surface area contributed by atoms with Crippen molar-refractivity contribution in [1.29, 1.82) is 0 Å². The molecule has 0 aliphatic rings. The Hall–Kier alpha value is 0.477. The molecular formula is CO4Zn2. The molecule has 0 spiro atoms. The van der Waals surface area contributed by atoms with Crippen LogP contribution >= 0.6 is 0 Å². The fraction of sp³-hybridized carbons (Fsp3) is 0. The van der Waals surface area contributed by atoms with E-state index in [2.05, 4.69) is 0 Å². The zero-order chi connectivity index (χ0) is 3.58. The molecule has 0 aromatic heterocycles. The molecule has 0 fully saturated rings. The molecule has 0 N–H and O–H groups in total. The van der Waals surface area contributed by atoms with Gasteiger partial charge in [0.25, 0.3) is 0 Å². The molecule has 0 aliphatic heterocycles. The number of carboxylic acid groups (broad SMARTS) is 2. The van der Waals surface area contributed by atoms with Crippen molar-refractivity contribution in [2.24, 2.45) is 0 Å². The number of rotatable bonds is 0. The molecule has 32 valence electrons. The van der Waals surface area contributed by atoms with Gasteiger partial charge >= 0.3 is 39.0 Å². The summed E-state index contributed by atoms with van der Waals surface area (Å²) in [5.74, 6) is 0. The Bertz CT molecular complexity index is 32.7. The minimum atomic E-state index is -2.33. The van der Waals surface area contributed by atoms with E-state index < -0.39 is 6.16 Å². The van der Waals surface area contributed by atoms with E-state index in [4.69, 9.17) is 15.0 Å². The molecule has 0 rings (SSSR count). The average molecular weight is 207 g/mol. The maximum absolute atomic E-state index is 8.33. The zero-order valence-corrected chi connectivity index (χ0v) is 9.48. The van der Waals surface area contributed by atoms with Crippen LogP contribution in [0.3, 0.4) is 0 Å². The predicted octanol–water partition coefficient (Wildman–Crippen LogP) is -2.57. The molecular weight excluding hydrogens is 207 g/mol. The maximum Gasteiger partial charge on any atom is 2.00 e. The van der Waals surface area contributed by atoms with Crippen LogP contribution < -0.4 is 10.2 Å². The van der Waals surface area contributed by atoms with Crippen LogP contribution in [0.5, 0.6) is 0 Å². The molecule has 6 heteroatoms. The Morgan fingerprint density at radius 1 is 1.14 bits per heavy atom. The van der Waals surface area contributed by atoms with Crippen LogP contribution in [0.15, 0.2) is 0 Å². The summed E-state index contributed by atoms with van der Waals surface area (Å²) in [4.78, 5) is 8.33. The molecule has 0 aromatic rings. The van der Waals surface area contributed by atoms with Gasteiger partial charge in [-0.25, -0.2) is 0 Å². The number of hydrogen-bond acceptors (Lipinski definition) is 3. The van der Waals surface area contributed by atoms with Gasteiger partial charge in [0.1, 0.15) is 0 Å². The van der Waals surface area contributed by atoms with Crippen molar-refractivity contribution in [3.63, 3.8) is 0 Å². The van der Waals surface area contributed by atoms with Crippen LogP contribution in [-0.2, 0) is 44.4 Å². The molecule has 0 bridgehead atoms. The Morgan fingerprint density at radius 2 is 1.14 bits per heavy atom. The van der Waals surface area contributed by atoms with Crippen molar-refractivity contribution in [3.05, 3.63) is 0 Å². The van der Waals surface area contributed by atoms with Crippen LogP contribution in [0.2, 0.25) is 0 Å². The molecule has 0 radical (unpaired) electrons. The van der Waals surface area contributed by atoms with Gasteiger partial charge in [-0.05, 0) is 6.16 Å². The fourth-order valence-electron chi connectivity index (χ4n) is 0. The summed E-state index contributed by atoms with van der Waals surface area (Å²) in [5.41, 5.74) is 0. The summed E-state index contributed by atoms with van der Waals surface area (Å²) >= 11 is 0. The second-order valence-electron chi connectivity index (χ2n) is 0.250. The molecule has 7 heavy (non-hydrogen) atoms. The van der Waals surface area contributed by atoms with Crippen molar-refractivity contribution in [2.45, 2.75) is 0 Å². The summed E-state index contributed by atoms with van der Waals surface area (Å²) in [6, 6.07) is 0. The smallest absolute Gasteiger partial charge is 2.00 e. The SMILES string of the molecule is O=C([O-])[O-].[O-2].[Zn+2].[Zn+2]. The van der Waals surface area contributed by atoms with Gasteiger partial charge in [0, 0.05) is 0 Å². The summed E-state index contributed by atoms with van der Waals surface area (Å²) in [6.45, 7) is 0. The minimum Gasteiger partial charge on any atom is -2.00 e. The van der Waals surface area contributed by atoms with Crippen molar-refractivity contribution < 1.29 is 59.4 Å². The van der Waals surface area contributed by atoms with E-state index in [0.29, 0.717) is 0 Å². The van der Waals surface area contributed by atoms with Crippen LogP contribution in [0.4, 0.5) is 4.79 Å². The van der Waals surface area contributed by atoms with Gasteiger partial charge in [-0.2, -0.15) is 0 Å². The molecule has 0 atom stereocenters. The first-order valence-corrected chi connectivity index (χ1v) is 0.612. The second-order valence-corrected chi connectivity index (χ2v) is 0.250. The first kappa shape index (κ1) is 25.9. The Morgan fingerprint density at radius 3 is 1.14 bits per heavy atom. The third kappa shape index (κ3) is 571. The molecule has 0 aliphatic carbocycles. The van der Waals surface area contributed by atoms with E-state index in [9.17, 15) is 0 Å². The van der Waals surface area contributed by atoms with Crippen molar-refractivity contribution in [3.8, 4) is 0 Å². The van der Waals surface area contributed by atoms with E-state index in [1.807, 2.05) is 0 Å². The first-order chi connectivity index (χ1) is 1.73. The average Bonchev–Trinajstić information content (AvgIpc) is 0.811. The topological polar surface area (TPSA) is 91.7 Å². The predicted molar refractivity (Wildman–Crippen MR) is 6.08 cm³/mol. The van der Waals surface area contributed by atoms with E-state index in [-0.39, 0.29) is 44.4 Å². The Balaban J connectivity index is -0.0000000150. The molecule has 0 unspecified atom stereocenters. The van der Waals surface area contributed by atoms with E-state index >= 15 is 0 Å². The molecule has 0 saturated heterocycles. The third-order valence-electron chi connectivity index (χ3n) is 0. The fourth-order valence-corrected chi connectivity index (χ4v) is 0. The summed E-state index contributed by atoms with van der Waals surface area (Å²) in [5, 5.41) is 16.7. The van der Waals surface area contributed by atoms with E-state index in [1.165, 1.54) is 0 Å². The summed E-state index contributed by atoms with van der Waals surface area (Å²) in [6.07, 6.45) is -2.33. The number of carbonyl (C=O) groups excluding carboxylic acids is 1. The molecule has 0 saturated carbocycles. The summed E-state index contributed by atoms with van der Waals surface area (Å²) < 4.78 is 0. The van der Waals surface area contributed by atoms with Crippen molar-refractivity contribution >= 4 is 6.16 Å². The summed E-state index contributed by atoms with van der Waals surface area (Å²) in [7, 11) is 0. The van der Waals surface area contributed by atoms with Gasteiger partial charge in [-0.1, -0.05) is 0 Å².